The largest absolute Gasteiger partial charge is 0.497 e. The summed E-state index contributed by atoms with van der Waals surface area (Å²) >= 11 is 0. The van der Waals surface area contributed by atoms with E-state index in [4.69, 9.17) is 23.7 Å². The molecular weight excluding hydrogens is 342 g/mol. The van der Waals surface area contributed by atoms with Crippen LogP contribution < -0.4 is 14.8 Å². The first kappa shape index (κ1) is 18.9. The standard InChI is InChI=1S/C18H25NO7/c1-10(20)19-14-15(21)16-13(9-23-18(2,3)26-16)25-17(14)24-12-7-5-6-11(8-12)22-4/h5-8,13-17,21H,9H2,1-4H3,(H,19,20)/t13-,14+,15+,16+,17+/m1/s1. The molecule has 0 radical (unpaired) electrons. The first-order valence-electron chi connectivity index (χ1n) is 8.52. The molecule has 0 bridgehead atoms. The highest BCUT2D eigenvalue weighted by Crippen LogP contribution is 2.33. The Hall–Kier alpha value is -1.87. The second kappa shape index (κ2) is 7.40. The molecule has 2 aliphatic heterocycles. The van der Waals surface area contributed by atoms with Crippen molar-refractivity contribution in [2.75, 3.05) is 13.7 Å². The van der Waals surface area contributed by atoms with Gasteiger partial charge in [-0.1, -0.05) is 6.07 Å². The lowest BCUT2D eigenvalue weighted by molar-refractivity contribution is -0.361. The SMILES string of the molecule is COc1cccc(O[C@H]2O[C@@H]3COC(C)(C)O[C@@H]3[C@@H](O)[C@@H]2NC(C)=O)c1. The topological polar surface area (TPSA) is 95.5 Å². The van der Waals surface area contributed by atoms with Gasteiger partial charge in [-0.05, 0) is 26.0 Å². The van der Waals surface area contributed by atoms with Crippen LogP contribution in [0.2, 0.25) is 0 Å². The molecule has 3 rings (SSSR count). The number of methoxy groups -OCH3 is 1. The zero-order valence-corrected chi connectivity index (χ0v) is 15.3. The van der Waals surface area contributed by atoms with Gasteiger partial charge < -0.3 is 34.1 Å². The molecule has 2 N–H and O–H groups in total. The molecule has 2 fully saturated rings. The molecule has 2 heterocycles. The highest BCUT2D eigenvalue weighted by atomic mass is 16.8. The summed E-state index contributed by atoms with van der Waals surface area (Å²) in [5.74, 6) is -0.0267. The molecule has 0 saturated carbocycles. The van der Waals surface area contributed by atoms with E-state index in [2.05, 4.69) is 5.32 Å². The number of nitrogens with one attached hydrogen (secondary N) is 1. The van der Waals surface area contributed by atoms with Gasteiger partial charge in [0.1, 0.15) is 35.9 Å². The molecule has 0 aliphatic carbocycles. The third-order valence-electron chi connectivity index (χ3n) is 4.35. The quantitative estimate of drug-likeness (QED) is 0.813. The predicted molar refractivity (Wildman–Crippen MR) is 90.8 cm³/mol. The van der Waals surface area contributed by atoms with Gasteiger partial charge in [0.2, 0.25) is 12.2 Å². The summed E-state index contributed by atoms with van der Waals surface area (Å²) in [5, 5.41) is 13.5. The van der Waals surface area contributed by atoms with Crippen LogP contribution in [0, 0.1) is 0 Å². The van der Waals surface area contributed by atoms with Crippen LogP contribution in [0.4, 0.5) is 0 Å². The van der Waals surface area contributed by atoms with E-state index in [1.807, 2.05) is 0 Å². The summed E-state index contributed by atoms with van der Waals surface area (Å²) in [5.41, 5.74) is 0. The van der Waals surface area contributed by atoms with Crippen LogP contribution >= 0.6 is 0 Å². The van der Waals surface area contributed by atoms with Crippen molar-refractivity contribution in [1.82, 2.24) is 5.32 Å². The van der Waals surface area contributed by atoms with Crippen molar-refractivity contribution >= 4 is 5.91 Å². The number of ether oxygens (including phenoxy) is 5. The average Bonchev–Trinajstić information content (AvgIpc) is 2.58. The number of aliphatic hydroxyl groups is 1. The maximum atomic E-state index is 11.6. The molecule has 2 aliphatic rings. The minimum absolute atomic E-state index is 0.249. The fourth-order valence-corrected chi connectivity index (χ4v) is 3.14. The van der Waals surface area contributed by atoms with Crippen LogP contribution in [0.15, 0.2) is 24.3 Å². The smallest absolute Gasteiger partial charge is 0.223 e. The third-order valence-corrected chi connectivity index (χ3v) is 4.35. The molecule has 5 atom stereocenters. The lowest BCUT2D eigenvalue weighted by atomic mass is 9.95. The number of aliphatic hydroxyl groups excluding tert-OH is 1. The summed E-state index contributed by atoms with van der Waals surface area (Å²) in [6, 6.07) is 6.21. The second-order valence-corrected chi connectivity index (χ2v) is 6.85. The van der Waals surface area contributed by atoms with Crippen LogP contribution in [0.3, 0.4) is 0 Å². The van der Waals surface area contributed by atoms with Gasteiger partial charge in [-0.3, -0.25) is 4.79 Å². The van der Waals surface area contributed by atoms with Gasteiger partial charge in [0, 0.05) is 13.0 Å². The summed E-state index contributed by atoms with van der Waals surface area (Å²) < 4.78 is 28.5. The zero-order valence-electron chi connectivity index (χ0n) is 15.3. The number of carbonyl (C=O) groups is 1. The normalized spacial score (nSPS) is 33.0. The van der Waals surface area contributed by atoms with Crippen LogP contribution in [-0.2, 0) is 19.0 Å². The molecule has 8 heteroatoms. The van der Waals surface area contributed by atoms with Crippen molar-refractivity contribution in [2.45, 2.75) is 57.2 Å². The van der Waals surface area contributed by atoms with Gasteiger partial charge in [0.05, 0.1) is 13.7 Å². The van der Waals surface area contributed by atoms with Crippen molar-refractivity contribution < 1.29 is 33.6 Å². The summed E-state index contributed by atoms with van der Waals surface area (Å²) in [6.45, 7) is 5.15. The molecule has 1 aromatic carbocycles. The monoisotopic (exact) mass is 367 g/mol. The minimum Gasteiger partial charge on any atom is -0.497 e. The number of rotatable bonds is 4. The Kier molecular flexibility index (Phi) is 5.38. The molecule has 0 aromatic heterocycles. The van der Waals surface area contributed by atoms with E-state index in [-0.39, 0.29) is 12.5 Å². The van der Waals surface area contributed by atoms with E-state index < -0.39 is 36.4 Å². The maximum Gasteiger partial charge on any atom is 0.223 e. The molecule has 2 saturated heterocycles. The molecule has 144 valence electrons. The molecular formula is C18H25NO7. The Balaban J connectivity index is 1.81. The van der Waals surface area contributed by atoms with Crippen molar-refractivity contribution in [1.29, 1.82) is 0 Å². The highest BCUT2D eigenvalue weighted by molar-refractivity contribution is 5.73. The first-order valence-corrected chi connectivity index (χ1v) is 8.52. The van der Waals surface area contributed by atoms with E-state index in [0.717, 1.165) is 0 Å². The number of hydrogen-bond acceptors (Lipinski definition) is 7. The molecule has 1 aromatic rings. The third kappa shape index (κ3) is 4.09. The fourth-order valence-electron chi connectivity index (χ4n) is 3.14. The molecule has 1 amide bonds. The van der Waals surface area contributed by atoms with E-state index in [1.165, 1.54) is 6.92 Å². The van der Waals surface area contributed by atoms with Gasteiger partial charge in [0.25, 0.3) is 0 Å². The van der Waals surface area contributed by atoms with Gasteiger partial charge in [-0.2, -0.15) is 0 Å². The Morgan fingerprint density at radius 2 is 2.08 bits per heavy atom. The van der Waals surface area contributed by atoms with Crippen molar-refractivity contribution in [2.24, 2.45) is 0 Å². The van der Waals surface area contributed by atoms with Gasteiger partial charge in [-0.15, -0.1) is 0 Å². The highest BCUT2D eigenvalue weighted by Gasteiger charge is 2.52. The van der Waals surface area contributed by atoms with Crippen LogP contribution in [-0.4, -0.2) is 61.2 Å². The second-order valence-electron chi connectivity index (χ2n) is 6.85. The van der Waals surface area contributed by atoms with Crippen molar-refractivity contribution in [3.8, 4) is 11.5 Å². The van der Waals surface area contributed by atoms with Crippen LogP contribution in [0.1, 0.15) is 20.8 Å². The molecule has 0 unspecified atom stereocenters. The zero-order chi connectivity index (χ0) is 18.9. The van der Waals surface area contributed by atoms with Gasteiger partial charge in [0.15, 0.2) is 5.79 Å². The van der Waals surface area contributed by atoms with E-state index >= 15 is 0 Å². The lowest BCUT2D eigenvalue weighted by Crippen LogP contribution is -2.69. The van der Waals surface area contributed by atoms with E-state index in [1.54, 1.807) is 45.2 Å². The summed E-state index contributed by atoms with van der Waals surface area (Å²) in [6.07, 6.45) is -3.08. The van der Waals surface area contributed by atoms with Gasteiger partial charge in [-0.25, -0.2) is 0 Å². The lowest BCUT2D eigenvalue weighted by Gasteiger charge is -2.49. The fraction of sp³-hybridized carbons (Fsp3) is 0.611. The average molecular weight is 367 g/mol. The van der Waals surface area contributed by atoms with E-state index in [0.29, 0.717) is 11.5 Å². The molecule has 26 heavy (non-hydrogen) atoms. The maximum absolute atomic E-state index is 11.6. The van der Waals surface area contributed by atoms with Gasteiger partial charge >= 0.3 is 0 Å². The number of amides is 1. The Labute approximate surface area is 152 Å². The Morgan fingerprint density at radius 3 is 2.77 bits per heavy atom. The first-order chi connectivity index (χ1) is 12.3. The molecule has 0 spiro atoms. The Bertz CT molecular complexity index is 650. The van der Waals surface area contributed by atoms with Crippen LogP contribution in [0.5, 0.6) is 11.5 Å². The number of hydrogen-bond donors (Lipinski definition) is 2. The van der Waals surface area contributed by atoms with Crippen molar-refractivity contribution in [3.05, 3.63) is 24.3 Å². The number of carbonyl (C=O) groups excluding carboxylic acids is 1. The molecule has 8 nitrogen and oxygen atoms in total. The Morgan fingerprint density at radius 1 is 1.35 bits per heavy atom. The minimum atomic E-state index is -1.02. The number of benzene rings is 1. The summed E-state index contributed by atoms with van der Waals surface area (Å²) in [7, 11) is 1.56. The summed E-state index contributed by atoms with van der Waals surface area (Å²) in [4.78, 5) is 11.6. The van der Waals surface area contributed by atoms with Crippen molar-refractivity contribution in [3.63, 3.8) is 0 Å². The van der Waals surface area contributed by atoms with E-state index in [9.17, 15) is 9.90 Å². The number of fused-ring (bicyclic) bond motifs is 1. The predicted octanol–water partition coefficient (Wildman–Crippen LogP) is 0.816. The van der Waals surface area contributed by atoms with Crippen LogP contribution in [0.25, 0.3) is 0 Å².